The molecule has 0 radical (unpaired) electrons. The average molecular weight is 285 g/mol. The molecule has 1 amide bonds. The molecule has 1 aromatic rings. The van der Waals surface area contributed by atoms with Crippen molar-refractivity contribution >= 4 is 15.7 Å². The van der Waals surface area contributed by atoms with E-state index in [9.17, 15) is 13.2 Å². The molecule has 0 fully saturated rings. The third-order valence-corrected chi connectivity index (χ3v) is 3.24. The van der Waals surface area contributed by atoms with Gasteiger partial charge < -0.3 is 10.6 Å². The van der Waals surface area contributed by atoms with Crippen LogP contribution in [0.5, 0.6) is 0 Å². The first-order chi connectivity index (χ1) is 8.92. The molecule has 7 heteroatoms. The first-order valence-electron chi connectivity index (χ1n) is 5.97. The predicted molar refractivity (Wildman–Crippen MR) is 73.0 cm³/mol. The number of amides is 1. The van der Waals surface area contributed by atoms with Gasteiger partial charge in [-0.15, -0.1) is 0 Å². The molecule has 1 heterocycles. The molecular formula is C12H19N3O3S. The fourth-order valence-corrected chi connectivity index (χ4v) is 2.23. The number of hydrogen-bond donors (Lipinski definition) is 1. The molecule has 0 bridgehead atoms. The van der Waals surface area contributed by atoms with E-state index in [0.29, 0.717) is 26.1 Å². The Kier molecular flexibility index (Phi) is 5.91. The maximum absolute atomic E-state index is 12.0. The Morgan fingerprint density at radius 2 is 2.21 bits per heavy atom. The quantitative estimate of drug-likeness (QED) is 0.749. The second-order valence-corrected chi connectivity index (χ2v) is 6.53. The first kappa shape index (κ1) is 15.6. The van der Waals surface area contributed by atoms with Crippen molar-refractivity contribution in [2.45, 2.75) is 13.0 Å². The Labute approximate surface area is 113 Å². The monoisotopic (exact) mass is 285 g/mol. The lowest BCUT2D eigenvalue weighted by atomic mass is 10.2. The van der Waals surface area contributed by atoms with Gasteiger partial charge in [-0.25, -0.2) is 8.42 Å². The van der Waals surface area contributed by atoms with Crippen LogP contribution in [-0.2, 0) is 21.2 Å². The number of nitrogens with two attached hydrogens (primary N) is 1. The van der Waals surface area contributed by atoms with Gasteiger partial charge in [0.05, 0.1) is 0 Å². The summed E-state index contributed by atoms with van der Waals surface area (Å²) in [6.45, 7) is 1.25. The highest BCUT2D eigenvalue weighted by Crippen LogP contribution is 2.05. The number of sulfone groups is 1. The molecule has 0 saturated carbocycles. The highest BCUT2D eigenvalue weighted by atomic mass is 32.2. The van der Waals surface area contributed by atoms with E-state index in [-0.39, 0.29) is 0 Å². The van der Waals surface area contributed by atoms with Crippen molar-refractivity contribution in [2.75, 3.05) is 25.1 Å². The van der Waals surface area contributed by atoms with E-state index >= 15 is 0 Å². The third kappa shape index (κ3) is 6.30. The van der Waals surface area contributed by atoms with Crippen LogP contribution in [-0.4, -0.2) is 49.3 Å². The molecule has 0 aliphatic heterocycles. The molecule has 0 atom stereocenters. The van der Waals surface area contributed by atoms with Crippen molar-refractivity contribution in [3.63, 3.8) is 0 Å². The lowest BCUT2D eigenvalue weighted by Crippen LogP contribution is -2.36. The van der Waals surface area contributed by atoms with Crippen molar-refractivity contribution in [2.24, 2.45) is 5.73 Å². The minimum atomic E-state index is -3.32. The topological polar surface area (TPSA) is 93.4 Å². The van der Waals surface area contributed by atoms with Crippen LogP contribution < -0.4 is 5.73 Å². The molecular weight excluding hydrogens is 266 g/mol. The van der Waals surface area contributed by atoms with Crippen molar-refractivity contribution in [3.8, 4) is 0 Å². The molecule has 106 valence electrons. The number of carbonyl (C=O) groups excluding carboxylic acids is 1. The zero-order valence-electron chi connectivity index (χ0n) is 10.9. The second kappa shape index (κ2) is 7.20. The summed E-state index contributed by atoms with van der Waals surface area (Å²) in [5.74, 6) is -0.877. The summed E-state index contributed by atoms with van der Waals surface area (Å²) in [5, 5.41) is 0. The van der Waals surface area contributed by atoms with Crippen LogP contribution in [0.4, 0.5) is 0 Å². The van der Waals surface area contributed by atoms with Crippen LogP contribution in [0.25, 0.3) is 0 Å². The molecule has 0 aliphatic carbocycles. The van der Waals surface area contributed by atoms with Crippen LogP contribution in [0.3, 0.4) is 0 Å². The number of pyridine rings is 1. The molecule has 0 aliphatic rings. The van der Waals surface area contributed by atoms with Crippen LogP contribution >= 0.6 is 0 Å². The fourth-order valence-electron chi connectivity index (χ4n) is 1.60. The van der Waals surface area contributed by atoms with Crippen LogP contribution in [0, 0.1) is 0 Å². The third-order valence-electron chi connectivity index (χ3n) is 2.47. The second-order valence-electron chi connectivity index (χ2n) is 4.39. The fraction of sp³-hybridized carbons (Fsp3) is 0.500. The van der Waals surface area contributed by atoms with Crippen LogP contribution in [0.1, 0.15) is 12.0 Å². The number of aromatic nitrogens is 1. The van der Waals surface area contributed by atoms with Gasteiger partial charge in [-0.3, -0.25) is 9.78 Å². The van der Waals surface area contributed by atoms with Gasteiger partial charge in [0.25, 0.3) is 0 Å². The molecule has 0 spiro atoms. The molecule has 1 rings (SSSR count). The number of nitrogens with zero attached hydrogens (tertiary/aromatic N) is 2. The minimum Gasteiger partial charge on any atom is -0.337 e. The van der Waals surface area contributed by atoms with Crippen molar-refractivity contribution in [3.05, 3.63) is 30.1 Å². The number of hydrogen-bond acceptors (Lipinski definition) is 5. The summed E-state index contributed by atoms with van der Waals surface area (Å²) < 4.78 is 22.4. The van der Waals surface area contributed by atoms with Gasteiger partial charge in [-0.1, -0.05) is 6.07 Å². The van der Waals surface area contributed by atoms with E-state index in [1.165, 1.54) is 4.90 Å². The van der Waals surface area contributed by atoms with Gasteiger partial charge in [0.15, 0.2) is 9.84 Å². The van der Waals surface area contributed by atoms with Crippen molar-refractivity contribution in [1.82, 2.24) is 9.88 Å². The standard InChI is InChI=1S/C12H19N3O3S/c1-19(17,18)10-12(16)15(7-3-5-13)9-11-4-2-6-14-8-11/h2,4,6,8H,3,5,7,9-10,13H2,1H3. The summed E-state index contributed by atoms with van der Waals surface area (Å²) in [6.07, 6.45) is 4.99. The Balaban J connectivity index is 2.74. The Morgan fingerprint density at radius 1 is 1.47 bits per heavy atom. The summed E-state index contributed by atoms with van der Waals surface area (Å²) in [5.41, 5.74) is 6.29. The maximum atomic E-state index is 12.0. The zero-order chi connectivity index (χ0) is 14.3. The molecule has 0 unspecified atom stereocenters. The summed E-state index contributed by atoms with van der Waals surface area (Å²) in [4.78, 5) is 17.4. The largest absolute Gasteiger partial charge is 0.337 e. The molecule has 1 aromatic heterocycles. The normalized spacial score (nSPS) is 11.3. The van der Waals surface area contributed by atoms with Crippen molar-refractivity contribution < 1.29 is 13.2 Å². The van der Waals surface area contributed by atoms with Gasteiger partial charge in [-0.05, 0) is 24.6 Å². The van der Waals surface area contributed by atoms with Gasteiger partial charge in [0, 0.05) is 31.7 Å². The smallest absolute Gasteiger partial charge is 0.238 e. The first-order valence-corrected chi connectivity index (χ1v) is 8.03. The van der Waals surface area contributed by atoms with E-state index in [4.69, 9.17) is 5.73 Å². The SMILES string of the molecule is CS(=O)(=O)CC(=O)N(CCCN)Cc1cccnc1. The van der Waals surface area contributed by atoms with Crippen LogP contribution in [0.15, 0.2) is 24.5 Å². The Morgan fingerprint density at radius 3 is 2.74 bits per heavy atom. The number of rotatable bonds is 7. The van der Waals surface area contributed by atoms with Gasteiger partial charge in [0.1, 0.15) is 5.75 Å². The lowest BCUT2D eigenvalue weighted by molar-refractivity contribution is -0.129. The highest BCUT2D eigenvalue weighted by molar-refractivity contribution is 7.91. The summed E-state index contributed by atoms with van der Waals surface area (Å²) in [7, 11) is -3.32. The van der Waals surface area contributed by atoms with E-state index in [1.807, 2.05) is 6.07 Å². The maximum Gasteiger partial charge on any atom is 0.238 e. The minimum absolute atomic E-state index is 0.349. The zero-order valence-corrected chi connectivity index (χ0v) is 11.8. The van der Waals surface area contributed by atoms with Gasteiger partial charge in [0.2, 0.25) is 5.91 Å². The van der Waals surface area contributed by atoms with Crippen molar-refractivity contribution in [1.29, 1.82) is 0 Å². The predicted octanol–water partition coefficient (Wildman–Crippen LogP) is -0.196. The molecule has 0 saturated heterocycles. The van der Waals surface area contributed by atoms with E-state index in [1.54, 1.807) is 18.5 Å². The molecule has 0 aromatic carbocycles. The van der Waals surface area contributed by atoms with E-state index < -0.39 is 21.5 Å². The molecule has 19 heavy (non-hydrogen) atoms. The van der Waals surface area contributed by atoms with Crippen LogP contribution in [0.2, 0.25) is 0 Å². The molecule has 2 N–H and O–H groups in total. The summed E-state index contributed by atoms with van der Waals surface area (Å²) >= 11 is 0. The number of carbonyl (C=O) groups is 1. The van der Waals surface area contributed by atoms with E-state index in [2.05, 4.69) is 4.98 Å². The van der Waals surface area contributed by atoms with Gasteiger partial charge in [-0.2, -0.15) is 0 Å². The van der Waals surface area contributed by atoms with Gasteiger partial charge >= 0.3 is 0 Å². The molecule has 6 nitrogen and oxygen atoms in total. The summed E-state index contributed by atoms with van der Waals surface area (Å²) in [6, 6.07) is 3.62. The average Bonchev–Trinajstić information content (AvgIpc) is 2.33. The highest BCUT2D eigenvalue weighted by Gasteiger charge is 2.18. The Bertz CT molecular complexity index is 502. The Hall–Kier alpha value is -1.47. The lowest BCUT2D eigenvalue weighted by Gasteiger charge is -2.22. The van der Waals surface area contributed by atoms with E-state index in [0.717, 1.165) is 11.8 Å².